The van der Waals surface area contributed by atoms with Gasteiger partial charge in [-0.25, -0.2) is 15.0 Å². The minimum Gasteiger partial charge on any atom is -0.456 e. The average Bonchev–Trinajstić information content (AvgIpc) is 4.03. The Hall–Kier alpha value is -8.19. The summed E-state index contributed by atoms with van der Waals surface area (Å²) in [7, 11) is 0. The summed E-state index contributed by atoms with van der Waals surface area (Å²) < 4.78 is 11.4. The predicted octanol–water partition coefficient (Wildman–Crippen LogP) is 15.6. The Morgan fingerprint density at radius 1 is 0.365 bits per heavy atom. The summed E-state index contributed by atoms with van der Waals surface area (Å²) in [5.41, 5.74) is 12.5. The Balaban J connectivity index is 0.894. The summed E-state index contributed by atoms with van der Waals surface area (Å²) in [5.74, 6) is 1.87. The molecule has 0 bridgehead atoms. The number of aromatic nitrogens is 4. The first-order valence-electron chi connectivity index (χ1n) is 21.1. The van der Waals surface area contributed by atoms with Gasteiger partial charge in [0.2, 0.25) is 0 Å². The molecular weight excluding hydrogens is 789 g/mol. The van der Waals surface area contributed by atoms with E-state index in [2.05, 4.69) is 174 Å². The highest BCUT2D eigenvalue weighted by atomic mass is 32.1. The van der Waals surface area contributed by atoms with Crippen molar-refractivity contribution < 1.29 is 4.42 Å². The molecule has 63 heavy (non-hydrogen) atoms. The summed E-state index contributed by atoms with van der Waals surface area (Å²) in [6, 6.07) is 72.7. The van der Waals surface area contributed by atoms with Crippen molar-refractivity contribution in [1.82, 2.24) is 19.5 Å². The van der Waals surface area contributed by atoms with Crippen LogP contribution >= 0.6 is 11.3 Å². The highest BCUT2D eigenvalue weighted by molar-refractivity contribution is 7.26. The van der Waals surface area contributed by atoms with E-state index in [-0.39, 0.29) is 0 Å². The fraction of sp³-hybridized carbons (Fsp3) is 0. The maximum Gasteiger partial charge on any atom is 0.165 e. The molecule has 9 aromatic carbocycles. The number of furan rings is 1. The van der Waals surface area contributed by atoms with E-state index in [0.29, 0.717) is 17.5 Å². The minimum absolute atomic E-state index is 0.595. The van der Waals surface area contributed by atoms with Gasteiger partial charge in [0.25, 0.3) is 0 Å². The largest absolute Gasteiger partial charge is 0.456 e. The van der Waals surface area contributed by atoms with E-state index in [4.69, 9.17) is 19.4 Å². The van der Waals surface area contributed by atoms with Crippen LogP contribution in [0.4, 0.5) is 0 Å². The molecule has 0 amide bonds. The molecule has 5 nitrogen and oxygen atoms in total. The third kappa shape index (κ3) is 5.80. The van der Waals surface area contributed by atoms with Gasteiger partial charge < -0.3 is 8.98 Å². The van der Waals surface area contributed by atoms with Gasteiger partial charge in [0, 0.05) is 64.1 Å². The molecule has 13 aromatic rings. The molecule has 0 fully saturated rings. The normalized spacial score (nSPS) is 11.8. The fourth-order valence-corrected chi connectivity index (χ4v) is 10.5. The lowest BCUT2D eigenvalue weighted by atomic mass is 9.96. The highest BCUT2D eigenvalue weighted by Gasteiger charge is 2.19. The van der Waals surface area contributed by atoms with Gasteiger partial charge in [-0.2, -0.15) is 0 Å². The molecule has 0 unspecified atom stereocenters. The standard InChI is InChI=1S/C57H34N4OS/c1-3-13-37(14-4-1)55-58-56(60-57(59-55)47-21-11-20-45-44-18-8-10-24-52(44)63-54(45)47)39-30-32-46-51(34-39)62-50-23-12-19-41(53(46)50)36-27-25-35(26-28-36)38-29-31-43-42-17-7-9-22-48(42)61(49(43)33-38)40-15-5-2-6-16-40/h1-34H. The number of rotatable bonds is 6. The zero-order valence-electron chi connectivity index (χ0n) is 33.7. The van der Waals surface area contributed by atoms with Gasteiger partial charge in [-0.3, -0.25) is 0 Å². The molecule has 0 N–H and O–H groups in total. The van der Waals surface area contributed by atoms with Crippen LogP contribution in [0.1, 0.15) is 0 Å². The van der Waals surface area contributed by atoms with E-state index < -0.39 is 0 Å². The van der Waals surface area contributed by atoms with Gasteiger partial charge in [0.05, 0.1) is 11.0 Å². The van der Waals surface area contributed by atoms with Gasteiger partial charge in [0.1, 0.15) is 11.2 Å². The van der Waals surface area contributed by atoms with E-state index in [9.17, 15) is 0 Å². The monoisotopic (exact) mass is 822 g/mol. The number of fused-ring (bicyclic) bond motifs is 9. The molecule has 294 valence electrons. The van der Waals surface area contributed by atoms with Gasteiger partial charge in [-0.1, -0.05) is 152 Å². The fourth-order valence-electron chi connectivity index (χ4n) is 9.32. The molecule has 0 spiro atoms. The van der Waals surface area contributed by atoms with E-state index in [0.717, 1.165) is 65.7 Å². The summed E-state index contributed by atoms with van der Waals surface area (Å²) in [6.45, 7) is 0. The molecule has 13 rings (SSSR count). The molecule has 0 aliphatic rings. The molecule has 4 aromatic heterocycles. The van der Waals surface area contributed by atoms with Gasteiger partial charge in [0.15, 0.2) is 17.5 Å². The molecule has 0 radical (unpaired) electrons. The minimum atomic E-state index is 0.595. The second-order valence-electron chi connectivity index (χ2n) is 15.9. The van der Waals surface area contributed by atoms with E-state index in [1.54, 1.807) is 11.3 Å². The first-order chi connectivity index (χ1) is 31.2. The van der Waals surface area contributed by atoms with Crippen LogP contribution in [0.25, 0.3) is 126 Å². The first kappa shape index (κ1) is 35.6. The average molecular weight is 823 g/mol. The quantitative estimate of drug-likeness (QED) is 0.168. The van der Waals surface area contributed by atoms with Crippen LogP contribution in [0.5, 0.6) is 0 Å². The number of nitrogens with zero attached hydrogens (tertiary/aromatic N) is 4. The molecule has 0 aliphatic carbocycles. The van der Waals surface area contributed by atoms with Crippen molar-refractivity contribution in [2.24, 2.45) is 0 Å². The van der Waals surface area contributed by atoms with Crippen molar-refractivity contribution in [3.05, 3.63) is 206 Å². The smallest absolute Gasteiger partial charge is 0.165 e. The third-order valence-electron chi connectivity index (χ3n) is 12.3. The maximum atomic E-state index is 6.63. The van der Waals surface area contributed by atoms with Crippen molar-refractivity contribution in [3.8, 4) is 62.1 Å². The van der Waals surface area contributed by atoms with Gasteiger partial charge in [-0.15, -0.1) is 11.3 Å². The van der Waals surface area contributed by atoms with Crippen molar-refractivity contribution in [2.75, 3.05) is 0 Å². The summed E-state index contributed by atoms with van der Waals surface area (Å²) in [6.07, 6.45) is 0. The lowest BCUT2D eigenvalue weighted by Crippen LogP contribution is -2.00. The molecule has 0 aliphatic heterocycles. The van der Waals surface area contributed by atoms with Crippen molar-refractivity contribution >= 4 is 75.3 Å². The Bertz CT molecular complexity index is 3900. The number of benzene rings is 9. The van der Waals surface area contributed by atoms with E-state index >= 15 is 0 Å². The summed E-state index contributed by atoms with van der Waals surface area (Å²) >= 11 is 1.77. The zero-order valence-corrected chi connectivity index (χ0v) is 34.6. The molecular formula is C57H34N4OS. The second-order valence-corrected chi connectivity index (χ2v) is 17.0. The van der Waals surface area contributed by atoms with Crippen molar-refractivity contribution in [1.29, 1.82) is 0 Å². The van der Waals surface area contributed by atoms with Crippen LogP contribution in [0, 0.1) is 0 Å². The third-order valence-corrected chi connectivity index (χ3v) is 13.5. The van der Waals surface area contributed by atoms with E-state index in [1.807, 2.05) is 36.4 Å². The van der Waals surface area contributed by atoms with Crippen LogP contribution in [-0.4, -0.2) is 19.5 Å². The van der Waals surface area contributed by atoms with Crippen molar-refractivity contribution in [3.63, 3.8) is 0 Å². The number of para-hydroxylation sites is 2. The zero-order chi connectivity index (χ0) is 41.4. The highest BCUT2D eigenvalue weighted by Crippen LogP contribution is 2.42. The van der Waals surface area contributed by atoms with Crippen LogP contribution in [0.15, 0.2) is 211 Å². The van der Waals surface area contributed by atoms with Gasteiger partial charge >= 0.3 is 0 Å². The Morgan fingerprint density at radius 2 is 0.984 bits per heavy atom. The Morgan fingerprint density at radius 3 is 1.84 bits per heavy atom. The van der Waals surface area contributed by atoms with Crippen LogP contribution in [-0.2, 0) is 0 Å². The Labute approximate surface area is 365 Å². The molecule has 6 heteroatoms. The van der Waals surface area contributed by atoms with Crippen LogP contribution in [0.2, 0.25) is 0 Å². The lowest BCUT2D eigenvalue weighted by molar-refractivity contribution is 0.669. The topological polar surface area (TPSA) is 56.7 Å². The first-order valence-corrected chi connectivity index (χ1v) is 21.9. The number of thiophene rings is 1. The molecule has 0 saturated heterocycles. The van der Waals surface area contributed by atoms with Crippen LogP contribution in [0.3, 0.4) is 0 Å². The molecule has 4 heterocycles. The summed E-state index contributed by atoms with van der Waals surface area (Å²) in [5, 5.41) is 7.06. The SMILES string of the molecule is c1ccc(-c2nc(-c3ccc4c(c3)oc3cccc(-c5ccc(-c6ccc7c8ccccc8n(-c8ccccc8)c7c6)cc5)c34)nc(-c3cccc4c3sc3ccccc34)n2)cc1. The van der Waals surface area contributed by atoms with Crippen LogP contribution < -0.4 is 0 Å². The van der Waals surface area contributed by atoms with Gasteiger partial charge in [-0.05, 0) is 76.9 Å². The number of hydrogen-bond acceptors (Lipinski definition) is 5. The second kappa shape index (κ2) is 14.2. The molecule has 0 atom stereocenters. The Kier molecular flexibility index (Phi) is 8.01. The number of hydrogen-bond donors (Lipinski definition) is 0. The maximum absolute atomic E-state index is 6.63. The molecule has 0 saturated carbocycles. The van der Waals surface area contributed by atoms with Crippen molar-refractivity contribution in [2.45, 2.75) is 0 Å². The summed E-state index contributed by atoms with van der Waals surface area (Å²) in [4.78, 5) is 15.3. The van der Waals surface area contributed by atoms with E-state index in [1.165, 1.54) is 42.8 Å². The predicted molar refractivity (Wildman–Crippen MR) is 262 cm³/mol. The lowest BCUT2D eigenvalue weighted by Gasteiger charge is -2.10.